The van der Waals surface area contributed by atoms with Crippen molar-refractivity contribution >= 4 is 17.7 Å². The van der Waals surface area contributed by atoms with E-state index in [0.717, 1.165) is 74.4 Å². The molecule has 5 aliphatic rings. The van der Waals surface area contributed by atoms with Gasteiger partial charge in [0.15, 0.2) is 0 Å². The number of carbonyl (C=O) groups is 1. The lowest BCUT2D eigenvalue weighted by Gasteiger charge is -2.57. The van der Waals surface area contributed by atoms with Crippen molar-refractivity contribution in [2.24, 2.45) is 23.2 Å². The Bertz CT molecular complexity index is 735. The summed E-state index contributed by atoms with van der Waals surface area (Å²) in [4.78, 5) is 26.8. The summed E-state index contributed by atoms with van der Waals surface area (Å²) in [5, 5.41) is 3.28. The smallest absolute Gasteiger partial charge is 0.227 e. The minimum absolute atomic E-state index is 0.337. The van der Waals surface area contributed by atoms with Crippen LogP contribution >= 0.6 is 0 Å². The van der Waals surface area contributed by atoms with Gasteiger partial charge in [0, 0.05) is 50.9 Å². The Hall–Kier alpha value is -1.85. The van der Waals surface area contributed by atoms with Gasteiger partial charge in [-0.2, -0.15) is 4.98 Å². The Morgan fingerprint density at radius 1 is 1.07 bits per heavy atom. The summed E-state index contributed by atoms with van der Waals surface area (Å²) < 4.78 is 0. The molecule has 4 saturated carbocycles. The number of nitrogens with one attached hydrogen (secondary N) is 1. The van der Waals surface area contributed by atoms with Gasteiger partial charge < -0.3 is 15.1 Å². The lowest BCUT2D eigenvalue weighted by Crippen LogP contribution is -2.52. The average Bonchev–Trinajstić information content (AvgIpc) is 2.66. The Balaban J connectivity index is 1.19. The first kappa shape index (κ1) is 19.1. The molecule has 0 atom stereocenters. The molecule has 158 valence electrons. The molecule has 1 aromatic rings. The van der Waals surface area contributed by atoms with E-state index in [2.05, 4.69) is 32.0 Å². The summed E-state index contributed by atoms with van der Waals surface area (Å²) in [6.07, 6.45) is 9.06. The molecule has 4 aliphatic carbocycles. The fourth-order valence-corrected chi connectivity index (χ4v) is 7.06. The molecule has 1 amide bonds. The van der Waals surface area contributed by atoms with E-state index < -0.39 is 0 Å². The van der Waals surface area contributed by atoms with E-state index in [-0.39, 0.29) is 0 Å². The first-order valence-corrected chi connectivity index (χ1v) is 11.6. The maximum absolute atomic E-state index is 13.2. The zero-order chi connectivity index (χ0) is 20.0. The Labute approximate surface area is 174 Å². The highest BCUT2D eigenvalue weighted by Crippen LogP contribution is 2.61. The van der Waals surface area contributed by atoms with Crippen molar-refractivity contribution in [1.82, 2.24) is 14.9 Å². The van der Waals surface area contributed by atoms with Crippen molar-refractivity contribution in [1.29, 1.82) is 0 Å². The molecule has 0 spiro atoms. The van der Waals surface area contributed by atoms with Gasteiger partial charge in [-0.3, -0.25) is 4.79 Å². The summed E-state index contributed by atoms with van der Waals surface area (Å²) in [5.74, 6) is 4.80. The number of piperazine rings is 1. The van der Waals surface area contributed by atoms with E-state index >= 15 is 0 Å². The van der Waals surface area contributed by atoms with E-state index in [1.165, 1.54) is 38.5 Å². The van der Waals surface area contributed by atoms with Gasteiger partial charge in [-0.05, 0) is 75.5 Å². The van der Waals surface area contributed by atoms with Crippen LogP contribution in [0.25, 0.3) is 0 Å². The third kappa shape index (κ3) is 3.82. The number of hydrogen-bond acceptors (Lipinski definition) is 5. The third-order valence-corrected chi connectivity index (χ3v) is 7.81. The predicted molar refractivity (Wildman–Crippen MR) is 115 cm³/mol. The van der Waals surface area contributed by atoms with Crippen LogP contribution < -0.4 is 10.2 Å². The largest absolute Gasteiger partial charge is 0.370 e. The second-order valence-corrected chi connectivity index (χ2v) is 10.2. The van der Waals surface area contributed by atoms with Crippen LogP contribution in [0.5, 0.6) is 0 Å². The molecule has 1 aromatic heterocycles. The number of rotatable bonds is 5. The second kappa shape index (κ2) is 7.44. The number of anilines is 2. The van der Waals surface area contributed by atoms with Gasteiger partial charge in [0.2, 0.25) is 11.9 Å². The second-order valence-electron chi connectivity index (χ2n) is 10.2. The predicted octanol–water partition coefficient (Wildman–Crippen LogP) is 3.47. The van der Waals surface area contributed by atoms with E-state index in [9.17, 15) is 4.79 Å². The standard InChI is InChI=1S/C23H35N5O/c1-3-24-20-8-16(2)25-22(26-20)28-6-4-27(5-7-28)21(29)15-23-12-17-9-18(13-23)11-19(10-17)14-23/h8,17-19H,3-7,9-15H2,1-2H3,(H,24,25,26). The maximum atomic E-state index is 13.2. The van der Waals surface area contributed by atoms with Crippen molar-refractivity contribution in [2.75, 3.05) is 42.9 Å². The molecule has 0 radical (unpaired) electrons. The lowest BCUT2D eigenvalue weighted by atomic mass is 9.49. The van der Waals surface area contributed by atoms with Gasteiger partial charge in [-0.25, -0.2) is 4.98 Å². The van der Waals surface area contributed by atoms with Gasteiger partial charge in [-0.15, -0.1) is 0 Å². The minimum atomic E-state index is 0.337. The molecule has 4 bridgehead atoms. The topological polar surface area (TPSA) is 61.4 Å². The van der Waals surface area contributed by atoms with Gasteiger partial charge >= 0.3 is 0 Å². The van der Waals surface area contributed by atoms with Crippen LogP contribution in [-0.2, 0) is 4.79 Å². The van der Waals surface area contributed by atoms with Gasteiger partial charge in [0.05, 0.1) is 0 Å². The molecule has 0 aromatic carbocycles. The van der Waals surface area contributed by atoms with Crippen LogP contribution in [0.1, 0.15) is 57.6 Å². The number of carbonyl (C=O) groups excluding carboxylic acids is 1. The average molecular weight is 398 g/mol. The van der Waals surface area contributed by atoms with Gasteiger partial charge in [0.1, 0.15) is 5.82 Å². The molecule has 0 unspecified atom stereocenters. The maximum Gasteiger partial charge on any atom is 0.227 e. The summed E-state index contributed by atoms with van der Waals surface area (Å²) in [7, 11) is 0. The zero-order valence-electron chi connectivity index (χ0n) is 18.0. The summed E-state index contributed by atoms with van der Waals surface area (Å²) in [6.45, 7) is 8.16. The molecular weight excluding hydrogens is 362 g/mol. The van der Waals surface area contributed by atoms with Crippen molar-refractivity contribution < 1.29 is 4.79 Å². The van der Waals surface area contributed by atoms with Crippen molar-refractivity contribution in [3.05, 3.63) is 11.8 Å². The highest BCUT2D eigenvalue weighted by molar-refractivity contribution is 5.77. The van der Waals surface area contributed by atoms with Crippen LogP contribution in [0.15, 0.2) is 6.07 Å². The molecule has 6 nitrogen and oxygen atoms in total. The quantitative estimate of drug-likeness (QED) is 0.824. The van der Waals surface area contributed by atoms with E-state index in [0.29, 0.717) is 11.3 Å². The number of aromatic nitrogens is 2. The van der Waals surface area contributed by atoms with Crippen molar-refractivity contribution in [2.45, 2.75) is 58.8 Å². The Kier molecular flexibility index (Phi) is 4.91. The van der Waals surface area contributed by atoms with Crippen LogP contribution in [0.4, 0.5) is 11.8 Å². The lowest BCUT2D eigenvalue weighted by molar-refractivity contribution is -0.139. The minimum Gasteiger partial charge on any atom is -0.370 e. The van der Waals surface area contributed by atoms with Crippen LogP contribution in [0.2, 0.25) is 0 Å². The van der Waals surface area contributed by atoms with E-state index in [4.69, 9.17) is 0 Å². The SMILES string of the molecule is CCNc1cc(C)nc(N2CCN(C(=O)CC34CC5CC(CC(C5)C3)C4)CC2)n1. The van der Waals surface area contributed by atoms with Crippen LogP contribution in [0.3, 0.4) is 0 Å². The summed E-state index contributed by atoms with van der Waals surface area (Å²) in [5.41, 5.74) is 1.31. The Morgan fingerprint density at radius 3 is 2.28 bits per heavy atom. The monoisotopic (exact) mass is 397 g/mol. The third-order valence-electron chi connectivity index (χ3n) is 7.81. The van der Waals surface area contributed by atoms with Gasteiger partial charge in [-0.1, -0.05) is 0 Å². The molecule has 5 fully saturated rings. The van der Waals surface area contributed by atoms with E-state index in [1.54, 1.807) is 0 Å². The number of hydrogen-bond donors (Lipinski definition) is 1. The van der Waals surface area contributed by atoms with Crippen LogP contribution in [0, 0.1) is 30.1 Å². The molecule has 1 saturated heterocycles. The molecule has 29 heavy (non-hydrogen) atoms. The first-order valence-electron chi connectivity index (χ1n) is 11.6. The zero-order valence-corrected chi connectivity index (χ0v) is 18.0. The number of amides is 1. The highest BCUT2D eigenvalue weighted by Gasteiger charge is 2.51. The fraction of sp³-hybridized carbons (Fsp3) is 0.783. The highest BCUT2D eigenvalue weighted by atomic mass is 16.2. The van der Waals surface area contributed by atoms with Gasteiger partial charge in [0.25, 0.3) is 0 Å². The first-order chi connectivity index (χ1) is 14.0. The molecule has 6 rings (SSSR count). The normalized spacial score (nSPS) is 33.2. The molecular formula is C23H35N5O. The molecule has 1 aliphatic heterocycles. The molecule has 1 N–H and O–H groups in total. The summed E-state index contributed by atoms with van der Waals surface area (Å²) in [6, 6.07) is 1.98. The number of nitrogens with zero attached hydrogens (tertiary/aromatic N) is 4. The van der Waals surface area contributed by atoms with Crippen LogP contribution in [-0.4, -0.2) is 53.5 Å². The van der Waals surface area contributed by atoms with Crippen molar-refractivity contribution in [3.63, 3.8) is 0 Å². The van der Waals surface area contributed by atoms with Crippen molar-refractivity contribution in [3.8, 4) is 0 Å². The molecule has 6 heteroatoms. The fourth-order valence-electron chi connectivity index (χ4n) is 7.06. The van der Waals surface area contributed by atoms with E-state index in [1.807, 2.05) is 13.0 Å². The Morgan fingerprint density at radius 2 is 1.69 bits per heavy atom. The summed E-state index contributed by atoms with van der Waals surface area (Å²) >= 11 is 0. The molecule has 2 heterocycles. The number of aryl methyl sites for hydroxylation is 1.